The fourth-order valence-corrected chi connectivity index (χ4v) is 1.84. The first-order valence-electron chi connectivity index (χ1n) is 4.57. The van der Waals surface area contributed by atoms with Gasteiger partial charge in [-0.05, 0) is 53.1 Å². The predicted octanol–water partition coefficient (Wildman–Crippen LogP) is 3.81. The average molecular weight is 290 g/mol. The SMILES string of the molecule is CCOc1ccc(C(C)C)cc1I. The molecule has 1 aromatic rings. The molecule has 13 heavy (non-hydrogen) atoms. The van der Waals surface area contributed by atoms with Crippen LogP contribution in [0.15, 0.2) is 18.2 Å². The standard InChI is InChI=1S/C11H15IO/c1-4-13-11-6-5-9(8(2)3)7-10(11)12/h5-8H,4H2,1-3H3. The van der Waals surface area contributed by atoms with Gasteiger partial charge in [0, 0.05) is 0 Å². The molecule has 0 aliphatic carbocycles. The van der Waals surface area contributed by atoms with Crippen molar-refractivity contribution in [2.75, 3.05) is 6.61 Å². The Morgan fingerprint density at radius 3 is 2.54 bits per heavy atom. The number of rotatable bonds is 3. The van der Waals surface area contributed by atoms with E-state index in [2.05, 4.69) is 54.6 Å². The van der Waals surface area contributed by atoms with E-state index in [0.29, 0.717) is 5.92 Å². The lowest BCUT2D eigenvalue weighted by Gasteiger charge is -2.09. The van der Waals surface area contributed by atoms with Gasteiger partial charge in [0.05, 0.1) is 10.2 Å². The molecule has 0 heterocycles. The summed E-state index contributed by atoms with van der Waals surface area (Å²) in [4.78, 5) is 0. The van der Waals surface area contributed by atoms with E-state index in [0.717, 1.165) is 12.4 Å². The Bertz CT molecular complexity index is 281. The van der Waals surface area contributed by atoms with Crippen molar-refractivity contribution in [2.45, 2.75) is 26.7 Å². The zero-order valence-corrected chi connectivity index (χ0v) is 10.5. The molecule has 0 aliphatic rings. The molecule has 0 aromatic heterocycles. The summed E-state index contributed by atoms with van der Waals surface area (Å²) in [5.41, 5.74) is 1.37. The van der Waals surface area contributed by atoms with Gasteiger partial charge in [-0.1, -0.05) is 19.9 Å². The first kappa shape index (κ1) is 10.8. The van der Waals surface area contributed by atoms with Crippen LogP contribution in [-0.2, 0) is 0 Å². The van der Waals surface area contributed by atoms with E-state index in [9.17, 15) is 0 Å². The minimum absolute atomic E-state index is 0.587. The fourth-order valence-electron chi connectivity index (χ4n) is 1.15. The van der Waals surface area contributed by atoms with E-state index >= 15 is 0 Å². The maximum absolute atomic E-state index is 5.46. The van der Waals surface area contributed by atoms with Crippen molar-refractivity contribution in [3.8, 4) is 5.75 Å². The first-order valence-corrected chi connectivity index (χ1v) is 5.65. The molecule has 0 N–H and O–H groups in total. The van der Waals surface area contributed by atoms with E-state index in [4.69, 9.17) is 4.74 Å². The molecular formula is C11H15IO. The van der Waals surface area contributed by atoms with Crippen molar-refractivity contribution in [1.82, 2.24) is 0 Å². The highest BCUT2D eigenvalue weighted by molar-refractivity contribution is 14.1. The molecule has 1 nitrogen and oxygen atoms in total. The highest BCUT2D eigenvalue weighted by Gasteiger charge is 2.04. The zero-order valence-electron chi connectivity index (χ0n) is 8.30. The van der Waals surface area contributed by atoms with E-state index in [-0.39, 0.29) is 0 Å². The Kier molecular flexibility index (Phi) is 4.03. The van der Waals surface area contributed by atoms with Gasteiger partial charge in [-0.25, -0.2) is 0 Å². The van der Waals surface area contributed by atoms with Crippen LogP contribution in [0.25, 0.3) is 0 Å². The number of benzene rings is 1. The van der Waals surface area contributed by atoms with Gasteiger partial charge in [-0.2, -0.15) is 0 Å². The molecule has 0 radical (unpaired) electrons. The average Bonchev–Trinajstić information content (AvgIpc) is 2.08. The van der Waals surface area contributed by atoms with Crippen molar-refractivity contribution >= 4 is 22.6 Å². The minimum atomic E-state index is 0.587. The summed E-state index contributed by atoms with van der Waals surface area (Å²) in [7, 11) is 0. The van der Waals surface area contributed by atoms with Crippen LogP contribution in [0.5, 0.6) is 5.75 Å². The smallest absolute Gasteiger partial charge is 0.132 e. The molecule has 1 rings (SSSR count). The lowest BCUT2D eigenvalue weighted by atomic mass is 10.0. The van der Waals surface area contributed by atoms with Crippen LogP contribution in [0.3, 0.4) is 0 Å². The van der Waals surface area contributed by atoms with Gasteiger partial charge in [0.25, 0.3) is 0 Å². The molecule has 0 fully saturated rings. The van der Waals surface area contributed by atoms with Gasteiger partial charge >= 0.3 is 0 Å². The number of hydrogen-bond donors (Lipinski definition) is 0. The summed E-state index contributed by atoms with van der Waals surface area (Å²) in [6.45, 7) is 7.14. The molecule has 1 aromatic carbocycles. The van der Waals surface area contributed by atoms with Crippen LogP contribution in [-0.4, -0.2) is 6.61 Å². The third-order valence-corrected chi connectivity index (χ3v) is 2.77. The number of ether oxygens (including phenoxy) is 1. The van der Waals surface area contributed by atoms with Crippen LogP contribution < -0.4 is 4.74 Å². The Morgan fingerprint density at radius 1 is 1.38 bits per heavy atom. The molecular weight excluding hydrogens is 275 g/mol. The summed E-state index contributed by atoms with van der Waals surface area (Å²) in [5.74, 6) is 1.58. The van der Waals surface area contributed by atoms with Crippen molar-refractivity contribution in [3.05, 3.63) is 27.3 Å². The third-order valence-electron chi connectivity index (χ3n) is 1.92. The highest BCUT2D eigenvalue weighted by atomic mass is 127. The second-order valence-corrected chi connectivity index (χ2v) is 4.44. The highest BCUT2D eigenvalue weighted by Crippen LogP contribution is 2.25. The number of halogens is 1. The molecule has 0 aliphatic heterocycles. The van der Waals surface area contributed by atoms with Crippen LogP contribution in [0, 0.1) is 3.57 Å². The monoisotopic (exact) mass is 290 g/mol. The van der Waals surface area contributed by atoms with Crippen molar-refractivity contribution in [1.29, 1.82) is 0 Å². The molecule has 0 atom stereocenters. The van der Waals surface area contributed by atoms with Gasteiger partial charge in [0.1, 0.15) is 5.75 Å². The second-order valence-electron chi connectivity index (χ2n) is 3.28. The van der Waals surface area contributed by atoms with Crippen LogP contribution >= 0.6 is 22.6 Å². The lowest BCUT2D eigenvalue weighted by molar-refractivity contribution is 0.337. The van der Waals surface area contributed by atoms with Gasteiger partial charge < -0.3 is 4.74 Å². The molecule has 2 heteroatoms. The summed E-state index contributed by atoms with van der Waals surface area (Å²) in [5, 5.41) is 0. The molecule has 0 saturated heterocycles. The lowest BCUT2D eigenvalue weighted by Crippen LogP contribution is -1.95. The second kappa shape index (κ2) is 4.84. The molecule has 0 amide bonds. The summed E-state index contributed by atoms with van der Waals surface area (Å²) in [6.07, 6.45) is 0. The largest absolute Gasteiger partial charge is 0.493 e. The minimum Gasteiger partial charge on any atom is -0.493 e. The van der Waals surface area contributed by atoms with Crippen LogP contribution in [0.2, 0.25) is 0 Å². The maximum atomic E-state index is 5.46. The van der Waals surface area contributed by atoms with Crippen LogP contribution in [0.1, 0.15) is 32.3 Å². The van der Waals surface area contributed by atoms with Gasteiger partial charge in [0.15, 0.2) is 0 Å². The van der Waals surface area contributed by atoms with E-state index in [1.54, 1.807) is 0 Å². The molecule has 0 saturated carbocycles. The van der Waals surface area contributed by atoms with Crippen molar-refractivity contribution in [2.24, 2.45) is 0 Å². The van der Waals surface area contributed by atoms with Gasteiger partial charge in [-0.3, -0.25) is 0 Å². The summed E-state index contributed by atoms with van der Waals surface area (Å²) >= 11 is 2.32. The van der Waals surface area contributed by atoms with Crippen molar-refractivity contribution in [3.63, 3.8) is 0 Å². The zero-order chi connectivity index (χ0) is 9.84. The normalized spacial score (nSPS) is 10.5. The third kappa shape index (κ3) is 2.86. The fraction of sp³-hybridized carbons (Fsp3) is 0.455. The van der Waals surface area contributed by atoms with Crippen LogP contribution in [0.4, 0.5) is 0 Å². The van der Waals surface area contributed by atoms with Gasteiger partial charge in [-0.15, -0.1) is 0 Å². The Labute approximate surface area is 93.6 Å². The molecule has 72 valence electrons. The Hall–Kier alpha value is -0.250. The molecule has 0 spiro atoms. The molecule has 0 unspecified atom stereocenters. The van der Waals surface area contributed by atoms with E-state index in [1.165, 1.54) is 9.13 Å². The van der Waals surface area contributed by atoms with Crippen molar-refractivity contribution < 1.29 is 4.74 Å². The maximum Gasteiger partial charge on any atom is 0.132 e. The molecule has 0 bridgehead atoms. The Balaban J connectivity index is 2.92. The topological polar surface area (TPSA) is 9.23 Å². The summed E-state index contributed by atoms with van der Waals surface area (Å²) in [6, 6.07) is 6.38. The summed E-state index contributed by atoms with van der Waals surface area (Å²) < 4.78 is 6.66. The Morgan fingerprint density at radius 2 is 2.08 bits per heavy atom. The first-order chi connectivity index (χ1) is 6.15. The van der Waals surface area contributed by atoms with E-state index < -0.39 is 0 Å². The quantitative estimate of drug-likeness (QED) is 0.769. The number of hydrogen-bond acceptors (Lipinski definition) is 1. The van der Waals surface area contributed by atoms with Gasteiger partial charge in [0.2, 0.25) is 0 Å². The van der Waals surface area contributed by atoms with E-state index in [1.807, 2.05) is 6.92 Å². The predicted molar refractivity (Wildman–Crippen MR) is 64.4 cm³/mol.